The smallest absolute Gasteiger partial charge is 0.328 e. The van der Waals surface area contributed by atoms with E-state index < -0.39 is 5.97 Å². The average molecular weight is 182 g/mol. The number of carbonyl (C=O) groups is 2. The van der Waals surface area contributed by atoms with Crippen LogP contribution in [0.1, 0.15) is 15.2 Å². The van der Waals surface area contributed by atoms with E-state index in [0.717, 1.165) is 17.2 Å². The van der Waals surface area contributed by atoms with Crippen LogP contribution in [0, 0.1) is 0 Å². The third kappa shape index (κ3) is 2.32. The van der Waals surface area contributed by atoms with Crippen LogP contribution < -0.4 is 0 Å². The van der Waals surface area contributed by atoms with Crippen molar-refractivity contribution in [3.8, 4) is 0 Å². The Morgan fingerprint density at radius 2 is 2.33 bits per heavy atom. The van der Waals surface area contributed by atoms with Gasteiger partial charge in [-0.15, -0.1) is 11.3 Å². The molecule has 0 atom stereocenters. The van der Waals surface area contributed by atoms with E-state index in [2.05, 4.69) is 0 Å². The minimum absolute atomic E-state index is 0.574. The molecule has 0 unspecified atom stereocenters. The number of aliphatic carboxylic acids is 1. The molecular formula is C8H6O3S. The second-order valence-corrected chi connectivity index (χ2v) is 3.01. The first kappa shape index (κ1) is 8.67. The topological polar surface area (TPSA) is 54.4 Å². The number of carbonyl (C=O) groups excluding carboxylic acids is 1. The van der Waals surface area contributed by atoms with Gasteiger partial charge in [-0.1, -0.05) is 0 Å². The van der Waals surface area contributed by atoms with Crippen molar-refractivity contribution in [2.24, 2.45) is 0 Å². The van der Waals surface area contributed by atoms with E-state index in [1.807, 2.05) is 0 Å². The van der Waals surface area contributed by atoms with Gasteiger partial charge in [0.25, 0.3) is 0 Å². The lowest BCUT2D eigenvalue weighted by Crippen LogP contribution is -1.84. The van der Waals surface area contributed by atoms with Gasteiger partial charge in [0, 0.05) is 21.9 Å². The number of rotatable bonds is 3. The van der Waals surface area contributed by atoms with Gasteiger partial charge in [0.15, 0.2) is 6.29 Å². The van der Waals surface area contributed by atoms with Gasteiger partial charge in [-0.25, -0.2) is 4.79 Å². The zero-order valence-corrected chi connectivity index (χ0v) is 6.88. The summed E-state index contributed by atoms with van der Waals surface area (Å²) >= 11 is 1.33. The normalized spacial score (nSPS) is 10.3. The SMILES string of the molecule is O=Cc1csc(C=CC(=O)O)c1. The van der Waals surface area contributed by atoms with Crippen LogP contribution in [0.4, 0.5) is 0 Å². The van der Waals surface area contributed by atoms with Crippen LogP contribution >= 0.6 is 11.3 Å². The third-order valence-corrected chi connectivity index (χ3v) is 2.08. The van der Waals surface area contributed by atoms with E-state index in [4.69, 9.17) is 5.11 Å². The van der Waals surface area contributed by atoms with Gasteiger partial charge >= 0.3 is 5.97 Å². The van der Waals surface area contributed by atoms with Gasteiger partial charge in [0.05, 0.1) is 0 Å². The molecule has 0 fully saturated rings. The van der Waals surface area contributed by atoms with Gasteiger partial charge in [-0.05, 0) is 12.1 Å². The molecule has 0 aliphatic heterocycles. The second kappa shape index (κ2) is 3.82. The predicted molar refractivity (Wildman–Crippen MR) is 46.4 cm³/mol. The summed E-state index contributed by atoms with van der Waals surface area (Å²) in [5.74, 6) is -0.990. The van der Waals surface area contributed by atoms with E-state index in [9.17, 15) is 9.59 Å². The molecule has 0 amide bonds. The Labute approximate surface area is 73.0 Å². The van der Waals surface area contributed by atoms with Crippen LogP contribution in [0.3, 0.4) is 0 Å². The van der Waals surface area contributed by atoms with Crippen LogP contribution in [0.5, 0.6) is 0 Å². The van der Waals surface area contributed by atoms with E-state index in [0.29, 0.717) is 5.56 Å². The first-order valence-electron chi connectivity index (χ1n) is 3.17. The summed E-state index contributed by atoms with van der Waals surface area (Å²) in [4.78, 5) is 21.1. The van der Waals surface area contributed by atoms with Gasteiger partial charge < -0.3 is 5.11 Å². The fourth-order valence-corrected chi connectivity index (χ4v) is 1.42. The summed E-state index contributed by atoms with van der Waals surface area (Å²) in [6.45, 7) is 0. The summed E-state index contributed by atoms with van der Waals surface area (Å²) in [6, 6.07) is 1.64. The Hall–Kier alpha value is -1.42. The maximum absolute atomic E-state index is 10.2. The molecule has 0 spiro atoms. The maximum atomic E-state index is 10.2. The molecule has 1 aromatic rings. The molecule has 0 bridgehead atoms. The largest absolute Gasteiger partial charge is 0.478 e. The first-order chi connectivity index (χ1) is 5.72. The lowest BCUT2D eigenvalue weighted by molar-refractivity contribution is -0.131. The van der Waals surface area contributed by atoms with Gasteiger partial charge in [-0.2, -0.15) is 0 Å². The van der Waals surface area contributed by atoms with Crippen molar-refractivity contribution in [3.05, 3.63) is 28.0 Å². The second-order valence-electron chi connectivity index (χ2n) is 2.07. The molecule has 1 aromatic heterocycles. The van der Waals surface area contributed by atoms with Crippen LogP contribution in [0.15, 0.2) is 17.5 Å². The predicted octanol–water partition coefficient (Wildman–Crippen LogP) is 1.66. The van der Waals surface area contributed by atoms with Crippen molar-refractivity contribution in [1.29, 1.82) is 0 Å². The fourth-order valence-electron chi connectivity index (χ4n) is 0.671. The Morgan fingerprint density at radius 1 is 1.58 bits per heavy atom. The molecule has 0 aliphatic carbocycles. The van der Waals surface area contributed by atoms with Crippen molar-refractivity contribution >= 4 is 29.7 Å². The summed E-state index contributed by atoms with van der Waals surface area (Å²) < 4.78 is 0. The van der Waals surface area contributed by atoms with Gasteiger partial charge in [-0.3, -0.25) is 4.79 Å². The fraction of sp³-hybridized carbons (Fsp3) is 0. The molecular weight excluding hydrogens is 176 g/mol. The lowest BCUT2D eigenvalue weighted by Gasteiger charge is -1.79. The molecule has 1 N–H and O–H groups in total. The number of thiophene rings is 1. The van der Waals surface area contributed by atoms with Crippen molar-refractivity contribution in [1.82, 2.24) is 0 Å². The van der Waals surface area contributed by atoms with Gasteiger partial charge in [0.2, 0.25) is 0 Å². The molecule has 1 heterocycles. The summed E-state index contributed by atoms with van der Waals surface area (Å²) in [7, 11) is 0. The average Bonchev–Trinajstić information content (AvgIpc) is 2.48. The Morgan fingerprint density at radius 3 is 2.83 bits per heavy atom. The number of hydrogen-bond acceptors (Lipinski definition) is 3. The molecule has 0 radical (unpaired) electrons. The number of aldehydes is 1. The molecule has 3 nitrogen and oxygen atoms in total. The van der Waals surface area contributed by atoms with E-state index in [1.54, 1.807) is 11.4 Å². The zero-order valence-electron chi connectivity index (χ0n) is 6.06. The molecule has 4 heteroatoms. The number of carboxylic acids is 1. The monoisotopic (exact) mass is 182 g/mol. The van der Waals surface area contributed by atoms with Crippen molar-refractivity contribution < 1.29 is 14.7 Å². The van der Waals surface area contributed by atoms with Crippen molar-refractivity contribution in [2.45, 2.75) is 0 Å². The minimum atomic E-state index is -0.990. The molecule has 12 heavy (non-hydrogen) atoms. The highest BCUT2D eigenvalue weighted by atomic mass is 32.1. The minimum Gasteiger partial charge on any atom is -0.478 e. The summed E-state index contributed by atoms with van der Waals surface area (Å²) in [5, 5.41) is 9.96. The first-order valence-corrected chi connectivity index (χ1v) is 4.05. The summed E-state index contributed by atoms with van der Waals surface area (Å²) in [6.07, 6.45) is 3.23. The standard InChI is InChI=1S/C8H6O3S/c9-4-6-3-7(12-5-6)1-2-8(10)11/h1-5H,(H,10,11). The quantitative estimate of drug-likeness (QED) is 0.571. The van der Waals surface area contributed by atoms with Crippen molar-refractivity contribution in [3.63, 3.8) is 0 Å². The van der Waals surface area contributed by atoms with E-state index in [-0.39, 0.29) is 0 Å². The molecule has 0 aliphatic rings. The Kier molecular flexibility index (Phi) is 2.76. The zero-order chi connectivity index (χ0) is 8.97. The molecule has 0 aromatic carbocycles. The van der Waals surface area contributed by atoms with Crippen molar-refractivity contribution in [2.75, 3.05) is 0 Å². The Bertz CT molecular complexity index is 325. The number of carboxylic acid groups (broad SMARTS) is 1. The van der Waals surface area contributed by atoms with E-state index in [1.165, 1.54) is 17.4 Å². The maximum Gasteiger partial charge on any atom is 0.328 e. The third-order valence-electron chi connectivity index (χ3n) is 1.17. The molecule has 62 valence electrons. The van der Waals surface area contributed by atoms with Gasteiger partial charge in [0.1, 0.15) is 0 Å². The molecule has 1 rings (SSSR count). The number of hydrogen-bond donors (Lipinski definition) is 1. The Balaban J connectivity index is 2.76. The van der Waals surface area contributed by atoms with E-state index >= 15 is 0 Å². The lowest BCUT2D eigenvalue weighted by atomic mass is 10.3. The van der Waals surface area contributed by atoms with Crippen LogP contribution in [-0.2, 0) is 4.79 Å². The van der Waals surface area contributed by atoms with Crippen LogP contribution in [0.2, 0.25) is 0 Å². The molecule has 0 saturated carbocycles. The highest BCUT2D eigenvalue weighted by Crippen LogP contribution is 2.14. The van der Waals surface area contributed by atoms with Crippen LogP contribution in [0.25, 0.3) is 6.08 Å². The highest BCUT2D eigenvalue weighted by molar-refractivity contribution is 7.11. The molecule has 0 saturated heterocycles. The highest BCUT2D eigenvalue weighted by Gasteiger charge is 1.95. The summed E-state index contributed by atoms with van der Waals surface area (Å²) in [5.41, 5.74) is 0.574. The van der Waals surface area contributed by atoms with Crippen LogP contribution in [-0.4, -0.2) is 17.4 Å².